The van der Waals surface area contributed by atoms with Crippen molar-refractivity contribution in [2.45, 2.75) is 24.8 Å². The maximum absolute atomic E-state index is 9.47. The second-order valence-electron chi connectivity index (χ2n) is 4.41. The number of benzene rings is 1. The van der Waals surface area contributed by atoms with Crippen molar-refractivity contribution < 1.29 is 0 Å². The third kappa shape index (κ3) is 2.30. The van der Waals surface area contributed by atoms with Crippen molar-refractivity contribution in [2.75, 3.05) is 13.1 Å². The van der Waals surface area contributed by atoms with E-state index in [1.807, 2.05) is 18.2 Å². The molecule has 0 saturated heterocycles. The second-order valence-corrected chi connectivity index (χ2v) is 4.41. The first-order valence-corrected chi connectivity index (χ1v) is 6.08. The molecule has 92 valence electrons. The van der Waals surface area contributed by atoms with Gasteiger partial charge in [0, 0.05) is 11.5 Å². The van der Waals surface area contributed by atoms with Crippen molar-refractivity contribution in [3.05, 3.63) is 45.8 Å². The van der Waals surface area contributed by atoms with Gasteiger partial charge in [-0.05, 0) is 42.5 Å². The Kier molecular flexibility index (Phi) is 3.83. The van der Waals surface area contributed by atoms with Gasteiger partial charge in [-0.25, -0.2) is 0 Å². The van der Waals surface area contributed by atoms with Crippen LogP contribution in [0.2, 0.25) is 0 Å². The number of aryl methyl sites for hydroxylation is 1. The molecule has 1 aliphatic rings. The highest BCUT2D eigenvalue weighted by Gasteiger charge is 2.37. The lowest BCUT2D eigenvalue weighted by Crippen LogP contribution is -2.39. The fourth-order valence-electron chi connectivity index (χ4n) is 2.45. The Morgan fingerprint density at radius 2 is 2.33 bits per heavy atom. The highest BCUT2D eigenvalue weighted by Crippen LogP contribution is 2.36. The Labute approximate surface area is 106 Å². The van der Waals surface area contributed by atoms with Crippen molar-refractivity contribution in [1.29, 1.82) is 5.26 Å². The number of rotatable bonds is 5. The van der Waals surface area contributed by atoms with Crippen LogP contribution in [0, 0.1) is 11.3 Å². The Balaban J connectivity index is 2.05. The number of fused-ring (bicyclic) bond motifs is 1. The zero-order chi connectivity index (χ0) is 12.8. The topological polar surface area (TPSA) is 84.6 Å². The predicted octanol–water partition coefficient (Wildman–Crippen LogP) is 2.64. The molecule has 0 heterocycles. The Morgan fingerprint density at radius 3 is 3.11 bits per heavy atom. The van der Waals surface area contributed by atoms with Gasteiger partial charge in [0.05, 0.1) is 6.07 Å². The van der Waals surface area contributed by atoms with E-state index in [1.165, 1.54) is 5.56 Å². The average molecular weight is 241 g/mol. The van der Waals surface area contributed by atoms with Crippen LogP contribution in [0.4, 0.5) is 0 Å². The summed E-state index contributed by atoms with van der Waals surface area (Å²) in [6.07, 6.45) is 2.49. The van der Waals surface area contributed by atoms with E-state index in [-0.39, 0.29) is 0 Å². The lowest BCUT2D eigenvalue weighted by molar-refractivity contribution is 0.422. The van der Waals surface area contributed by atoms with Gasteiger partial charge in [0.2, 0.25) is 0 Å². The van der Waals surface area contributed by atoms with Crippen molar-refractivity contribution >= 4 is 0 Å². The molecular weight excluding hydrogens is 226 g/mol. The third-order valence-corrected chi connectivity index (χ3v) is 3.36. The quantitative estimate of drug-likeness (QED) is 0.372. The summed E-state index contributed by atoms with van der Waals surface area (Å²) in [6.45, 7) is 1.15. The van der Waals surface area contributed by atoms with Crippen LogP contribution in [-0.4, -0.2) is 13.1 Å². The van der Waals surface area contributed by atoms with E-state index >= 15 is 0 Å². The lowest BCUT2D eigenvalue weighted by Gasteiger charge is -2.23. The number of hydrogen-bond donors (Lipinski definition) is 1. The summed E-state index contributed by atoms with van der Waals surface area (Å²) < 4.78 is 0. The van der Waals surface area contributed by atoms with E-state index in [1.54, 1.807) is 0 Å². The van der Waals surface area contributed by atoms with Crippen LogP contribution in [0.15, 0.2) is 29.4 Å². The van der Waals surface area contributed by atoms with Crippen LogP contribution in [0.25, 0.3) is 10.4 Å². The molecule has 0 fully saturated rings. The molecule has 18 heavy (non-hydrogen) atoms. The monoisotopic (exact) mass is 241 g/mol. The molecule has 2 rings (SSSR count). The van der Waals surface area contributed by atoms with Gasteiger partial charge in [0.1, 0.15) is 5.54 Å². The Morgan fingerprint density at radius 1 is 1.50 bits per heavy atom. The molecule has 1 aromatic carbocycles. The zero-order valence-corrected chi connectivity index (χ0v) is 10.1. The molecular formula is C13H15N5. The predicted molar refractivity (Wildman–Crippen MR) is 68.7 cm³/mol. The summed E-state index contributed by atoms with van der Waals surface area (Å²) in [6, 6.07) is 10.5. The maximum atomic E-state index is 9.47. The molecule has 0 aliphatic heterocycles. The molecule has 0 saturated carbocycles. The first kappa shape index (κ1) is 12.4. The van der Waals surface area contributed by atoms with Crippen LogP contribution in [0.1, 0.15) is 24.0 Å². The van der Waals surface area contributed by atoms with Crippen molar-refractivity contribution in [3.63, 3.8) is 0 Å². The summed E-state index contributed by atoms with van der Waals surface area (Å²) in [4.78, 5) is 2.71. The first-order chi connectivity index (χ1) is 8.82. The molecule has 0 radical (unpaired) electrons. The van der Waals surface area contributed by atoms with E-state index in [0.717, 1.165) is 24.8 Å². The molecule has 1 atom stereocenters. The highest BCUT2D eigenvalue weighted by molar-refractivity contribution is 5.43. The van der Waals surface area contributed by atoms with Crippen molar-refractivity contribution in [3.8, 4) is 6.07 Å². The van der Waals surface area contributed by atoms with Crippen molar-refractivity contribution in [1.82, 2.24) is 5.32 Å². The Bertz CT molecular complexity index is 512. The van der Waals surface area contributed by atoms with Gasteiger partial charge in [-0.15, -0.1) is 0 Å². The van der Waals surface area contributed by atoms with E-state index in [4.69, 9.17) is 5.53 Å². The van der Waals surface area contributed by atoms with Crippen LogP contribution >= 0.6 is 0 Å². The summed E-state index contributed by atoms with van der Waals surface area (Å²) in [7, 11) is 0. The third-order valence-electron chi connectivity index (χ3n) is 3.36. The smallest absolute Gasteiger partial charge is 0.132 e. The molecule has 1 unspecified atom stereocenters. The zero-order valence-electron chi connectivity index (χ0n) is 10.1. The van der Waals surface area contributed by atoms with Gasteiger partial charge < -0.3 is 0 Å². The summed E-state index contributed by atoms with van der Waals surface area (Å²) in [5.74, 6) is 0. The van der Waals surface area contributed by atoms with Gasteiger partial charge in [0.15, 0.2) is 0 Å². The van der Waals surface area contributed by atoms with Crippen LogP contribution in [0.3, 0.4) is 0 Å². The summed E-state index contributed by atoms with van der Waals surface area (Å²) in [5, 5.41) is 16.3. The lowest BCUT2D eigenvalue weighted by atomic mass is 9.93. The minimum Gasteiger partial charge on any atom is -0.296 e. The van der Waals surface area contributed by atoms with Gasteiger partial charge >= 0.3 is 0 Å². The molecule has 5 nitrogen and oxygen atoms in total. The minimum atomic E-state index is -0.563. The maximum Gasteiger partial charge on any atom is 0.132 e. The molecule has 1 N–H and O–H groups in total. The first-order valence-electron chi connectivity index (χ1n) is 6.08. The van der Waals surface area contributed by atoms with E-state index in [0.29, 0.717) is 13.1 Å². The van der Waals surface area contributed by atoms with Gasteiger partial charge in [0.25, 0.3) is 0 Å². The largest absolute Gasteiger partial charge is 0.296 e. The van der Waals surface area contributed by atoms with E-state index in [2.05, 4.69) is 27.5 Å². The second kappa shape index (κ2) is 5.54. The molecule has 5 heteroatoms. The summed E-state index contributed by atoms with van der Waals surface area (Å²) in [5.41, 5.74) is 9.97. The van der Waals surface area contributed by atoms with Gasteiger partial charge in [-0.2, -0.15) is 5.26 Å². The molecule has 0 aromatic heterocycles. The molecule has 0 bridgehead atoms. The van der Waals surface area contributed by atoms with Crippen molar-refractivity contribution in [2.24, 2.45) is 5.11 Å². The van der Waals surface area contributed by atoms with E-state index < -0.39 is 5.54 Å². The molecule has 1 aliphatic carbocycles. The average Bonchev–Trinajstić information content (AvgIpc) is 2.79. The van der Waals surface area contributed by atoms with E-state index in [9.17, 15) is 5.26 Å². The highest BCUT2D eigenvalue weighted by atomic mass is 15.1. The molecule has 1 aromatic rings. The molecule has 0 amide bonds. The fraction of sp³-hybridized carbons (Fsp3) is 0.462. The van der Waals surface area contributed by atoms with Crippen LogP contribution in [-0.2, 0) is 12.0 Å². The number of nitrogens with zero attached hydrogens (tertiary/aromatic N) is 4. The number of azide groups is 1. The van der Waals surface area contributed by atoms with Crippen LogP contribution in [0.5, 0.6) is 0 Å². The van der Waals surface area contributed by atoms with Crippen LogP contribution < -0.4 is 5.32 Å². The Hall–Kier alpha value is -2.02. The van der Waals surface area contributed by atoms with Gasteiger partial charge in [-0.1, -0.05) is 29.4 Å². The molecule has 0 spiro atoms. The normalized spacial score (nSPS) is 20.8. The SMILES string of the molecule is N#CC1(NCCCN=[N+]=[N-])CCc2ccccc21. The number of nitriles is 1. The number of hydrogen-bond acceptors (Lipinski definition) is 3. The standard InChI is InChI=1S/C13H15N5/c14-10-13(16-8-3-9-17-18-15)7-6-11-4-1-2-5-12(11)13/h1-2,4-5,16H,3,6-9H2. The van der Waals surface area contributed by atoms with Gasteiger partial charge in [-0.3, -0.25) is 5.32 Å². The fourth-order valence-corrected chi connectivity index (χ4v) is 2.45. The summed E-state index contributed by atoms with van der Waals surface area (Å²) >= 11 is 0. The minimum absolute atomic E-state index is 0.465. The number of nitrogens with one attached hydrogen (secondary N) is 1.